The van der Waals surface area contributed by atoms with Gasteiger partial charge in [-0.1, -0.05) is 35.0 Å². The normalized spacial score (nSPS) is 12.7. The zero-order valence-corrected chi connectivity index (χ0v) is 12.0. The van der Waals surface area contributed by atoms with Crippen molar-refractivity contribution >= 4 is 27.7 Å². The van der Waals surface area contributed by atoms with E-state index in [-0.39, 0.29) is 5.82 Å². The lowest BCUT2D eigenvalue weighted by molar-refractivity contribution is 0.623. The van der Waals surface area contributed by atoms with Gasteiger partial charge in [-0.15, -0.1) is 0 Å². The zero-order valence-electron chi connectivity index (χ0n) is 9.59. The van der Waals surface area contributed by atoms with Crippen LogP contribution in [0.25, 0.3) is 0 Å². The maximum Gasteiger partial charge on any atom is 0.123 e. The number of hydrogen-bond acceptors (Lipinski definition) is 1. The third-order valence-corrected chi connectivity index (χ3v) is 4.34. The summed E-state index contributed by atoms with van der Waals surface area (Å²) < 4.78 is 12.8. The lowest BCUT2D eigenvalue weighted by atomic mass is 9.97. The summed E-state index contributed by atoms with van der Waals surface area (Å²) in [7, 11) is 0. The second-order valence-corrected chi connectivity index (χ2v) is 5.78. The molecule has 1 unspecified atom stereocenters. The first-order valence-electron chi connectivity index (χ1n) is 5.67. The molecule has 3 heteroatoms. The first-order valence-corrected chi connectivity index (χ1v) is 7.94. The van der Waals surface area contributed by atoms with Crippen LogP contribution >= 0.6 is 27.7 Å². The average molecular weight is 305 g/mol. The lowest BCUT2D eigenvalue weighted by Gasteiger charge is -2.14. The van der Waals surface area contributed by atoms with Crippen LogP contribution < -0.4 is 0 Å². The second-order valence-electron chi connectivity index (χ2n) is 3.74. The van der Waals surface area contributed by atoms with Crippen molar-refractivity contribution in [1.29, 1.82) is 0 Å². The van der Waals surface area contributed by atoms with Gasteiger partial charge in [0.25, 0.3) is 0 Å². The molecule has 0 radical (unpaired) electrons. The van der Waals surface area contributed by atoms with Crippen LogP contribution in [0.4, 0.5) is 4.39 Å². The average Bonchev–Trinajstić information content (AvgIpc) is 2.31. The predicted octanol–water partition coefficient (Wildman–Crippen LogP) is 4.84. The van der Waals surface area contributed by atoms with Crippen LogP contribution in [0, 0.1) is 5.82 Å². The number of thioether (sulfide) groups is 1. The molecule has 0 aliphatic heterocycles. The largest absolute Gasteiger partial charge is 0.207 e. The highest BCUT2D eigenvalue weighted by molar-refractivity contribution is 9.09. The monoisotopic (exact) mass is 304 g/mol. The predicted molar refractivity (Wildman–Crippen MR) is 75.2 cm³/mol. The highest BCUT2D eigenvalue weighted by Crippen LogP contribution is 2.24. The van der Waals surface area contributed by atoms with Gasteiger partial charge in [-0.3, -0.25) is 0 Å². The van der Waals surface area contributed by atoms with Crippen LogP contribution in [0.2, 0.25) is 0 Å². The SMILES string of the molecule is CCSCCCC(CBr)c1ccc(F)cc1. The van der Waals surface area contributed by atoms with E-state index in [1.165, 1.54) is 29.9 Å². The molecule has 0 saturated heterocycles. The van der Waals surface area contributed by atoms with Crippen molar-refractivity contribution < 1.29 is 4.39 Å². The number of hydrogen-bond donors (Lipinski definition) is 0. The topological polar surface area (TPSA) is 0 Å². The Morgan fingerprint density at radius 2 is 2.00 bits per heavy atom. The van der Waals surface area contributed by atoms with Crippen molar-refractivity contribution in [1.82, 2.24) is 0 Å². The molecule has 0 aromatic heterocycles. The standard InChI is InChI=1S/C13H18BrFS/c1-2-16-9-3-4-12(10-14)11-5-7-13(15)8-6-11/h5-8,12H,2-4,9-10H2,1H3. The van der Waals surface area contributed by atoms with E-state index < -0.39 is 0 Å². The van der Waals surface area contributed by atoms with E-state index in [0.29, 0.717) is 5.92 Å². The molecule has 0 N–H and O–H groups in total. The minimum atomic E-state index is -0.154. The summed E-state index contributed by atoms with van der Waals surface area (Å²) in [5.41, 5.74) is 1.24. The molecule has 1 aromatic rings. The molecule has 1 atom stereocenters. The van der Waals surface area contributed by atoms with Gasteiger partial charge in [0.05, 0.1) is 0 Å². The Kier molecular flexibility index (Phi) is 7.13. The molecule has 0 aliphatic carbocycles. The van der Waals surface area contributed by atoms with Gasteiger partial charge in [-0.25, -0.2) is 4.39 Å². The van der Waals surface area contributed by atoms with Gasteiger partial charge >= 0.3 is 0 Å². The molecule has 0 spiro atoms. The van der Waals surface area contributed by atoms with E-state index in [0.717, 1.165) is 5.33 Å². The Bertz CT molecular complexity index is 286. The quantitative estimate of drug-likeness (QED) is 0.513. The van der Waals surface area contributed by atoms with Gasteiger partial charge in [0.15, 0.2) is 0 Å². The van der Waals surface area contributed by atoms with Crippen molar-refractivity contribution in [2.75, 3.05) is 16.8 Å². The minimum Gasteiger partial charge on any atom is -0.207 e. The molecule has 0 amide bonds. The number of alkyl halides is 1. The first-order chi connectivity index (χ1) is 7.77. The zero-order chi connectivity index (χ0) is 11.8. The maximum atomic E-state index is 12.8. The molecular formula is C13H18BrFS. The summed E-state index contributed by atoms with van der Waals surface area (Å²) in [4.78, 5) is 0. The van der Waals surface area contributed by atoms with Gasteiger partial charge in [-0.05, 0) is 48.0 Å². The number of rotatable bonds is 7. The van der Waals surface area contributed by atoms with Crippen LogP contribution in [0.5, 0.6) is 0 Å². The Labute approximate surface area is 110 Å². The number of halogens is 2. The van der Waals surface area contributed by atoms with Gasteiger partial charge in [0, 0.05) is 5.33 Å². The Morgan fingerprint density at radius 1 is 1.31 bits per heavy atom. The van der Waals surface area contributed by atoms with Crippen molar-refractivity contribution in [3.63, 3.8) is 0 Å². The summed E-state index contributed by atoms with van der Waals surface area (Å²) in [5.74, 6) is 2.77. The van der Waals surface area contributed by atoms with Crippen molar-refractivity contribution in [3.8, 4) is 0 Å². The first kappa shape index (κ1) is 14.0. The van der Waals surface area contributed by atoms with Gasteiger partial charge in [0.2, 0.25) is 0 Å². The summed E-state index contributed by atoms with van der Waals surface area (Å²) in [6, 6.07) is 6.89. The molecule has 1 aromatic carbocycles. The fourth-order valence-corrected chi connectivity index (χ4v) is 3.00. The lowest BCUT2D eigenvalue weighted by Crippen LogP contribution is -2.01. The molecule has 0 fully saturated rings. The smallest absolute Gasteiger partial charge is 0.123 e. The fraction of sp³-hybridized carbons (Fsp3) is 0.538. The van der Waals surface area contributed by atoms with E-state index in [1.54, 1.807) is 12.1 Å². The van der Waals surface area contributed by atoms with E-state index in [9.17, 15) is 4.39 Å². The van der Waals surface area contributed by atoms with Crippen molar-refractivity contribution in [3.05, 3.63) is 35.6 Å². The second kappa shape index (κ2) is 8.13. The Balaban J connectivity index is 2.44. The van der Waals surface area contributed by atoms with E-state index in [2.05, 4.69) is 22.9 Å². The highest BCUT2D eigenvalue weighted by atomic mass is 79.9. The maximum absolute atomic E-state index is 12.8. The Morgan fingerprint density at radius 3 is 2.56 bits per heavy atom. The van der Waals surface area contributed by atoms with Crippen LogP contribution in [0.15, 0.2) is 24.3 Å². The minimum absolute atomic E-state index is 0.154. The van der Waals surface area contributed by atoms with E-state index >= 15 is 0 Å². The van der Waals surface area contributed by atoms with Crippen molar-refractivity contribution in [2.24, 2.45) is 0 Å². The third-order valence-electron chi connectivity index (χ3n) is 2.57. The molecule has 1 rings (SSSR count). The highest BCUT2D eigenvalue weighted by Gasteiger charge is 2.09. The summed E-state index contributed by atoms with van der Waals surface area (Å²) >= 11 is 5.52. The molecular weight excluding hydrogens is 287 g/mol. The van der Waals surface area contributed by atoms with Crippen LogP contribution in [0.3, 0.4) is 0 Å². The number of benzene rings is 1. The molecule has 0 heterocycles. The van der Waals surface area contributed by atoms with E-state index in [1.807, 2.05) is 23.9 Å². The molecule has 90 valence electrons. The summed E-state index contributed by atoms with van der Waals surface area (Å²) in [5, 5.41) is 0.954. The molecule has 16 heavy (non-hydrogen) atoms. The summed E-state index contributed by atoms with van der Waals surface area (Å²) in [6.45, 7) is 2.19. The summed E-state index contributed by atoms with van der Waals surface area (Å²) in [6.07, 6.45) is 2.40. The fourth-order valence-electron chi connectivity index (χ4n) is 1.64. The van der Waals surface area contributed by atoms with Gasteiger partial charge in [0.1, 0.15) is 5.82 Å². The molecule has 0 nitrogen and oxygen atoms in total. The van der Waals surface area contributed by atoms with Crippen molar-refractivity contribution in [2.45, 2.75) is 25.7 Å². The van der Waals surface area contributed by atoms with Gasteiger partial charge < -0.3 is 0 Å². The molecule has 0 aliphatic rings. The molecule has 0 bridgehead atoms. The van der Waals surface area contributed by atoms with Crippen LogP contribution in [0.1, 0.15) is 31.2 Å². The van der Waals surface area contributed by atoms with Crippen LogP contribution in [-0.2, 0) is 0 Å². The Hall–Kier alpha value is -0.0200. The third kappa shape index (κ3) is 4.88. The van der Waals surface area contributed by atoms with E-state index in [4.69, 9.17) is 0 Å². The van der Waals surface area contributed by atoms with Gasteiger partial charge in [-0.2, -0.15) is 11.8 Å². The van der Waals surface area contributed by atoms with Crippen LogP contribution in [-0.4, -0.2) is 16.8 Å². The molecule has 0 saturated carbocycles.